The lowest BCUT2D eigenvalue weighted by Crippen LogP contribution is -2.48. The standard InChI is InChI=1S/C8H15BrO6/c1-3(9)5(12)7(14)8(15)6(13)4(11)2-10/h3-7,10-14H,2H2,1H3/t3?,4-,5?,6-,7-/m1/s1. The number of ketones is 1. The summed E-state index contributed by atoms with van der Waals surface area (Å²) in [6, 6.07) is 0. The quantitative estimate of drug-likeness (QED) is 0.353. The Morgan fingerprint density at radius 2 is 1.67 bits per heavy atom. The summed E-state index contributed by atoms with van der Waals surface area (Å²) in [5, 5.41) is 45.1. The predicted octanol–water partition coefficient (Wildman–Crippen LogP) is -2.23. The van der Waals surface area contributed by atoms with E-state index in [-0.39, 0.29) is 0 Å². The number of rotatable bonds is 6. The van der Waals surface area contributed by atoms with Crippen molar-refractivity contribution in [3.63, 3.8) is 0 Å². The van der Waals surface area contributed by atoms with Gasteiger partial charge in [-0.3, -0.25) is 4.79 Å². The maximum Gasteiger partial charge on any atom is 0.195 e. The summed E-state index contributed by atoms with van der Waals surface area (Å²) < 4.78 is 0. The molecule has 6 nitrogen and oxygen atoms in total. The molecule has 0 aliphatic heterocycles. The molecule has 15 heavy (non-hydrogen) atoms. The van der Waals surface area contributed by atoms with Crippen LogP contribution in [0, 0.1) is 0 Å². The summed E-state index contributed by atoms with van der Waals surface area (Å²) in [7, 11) is 0. The first-order chi connectivity index (χ1) is 6.82. The summed E-state index contributed by atoms with van der Waals surface area (Å²) in [5.74, 6) is -1.13. The molecule has 90 valence electrons. The minimum absolute atomic E-state index is 0.546. The molecule has 0 amide bonds. The molecule has 0 aliphatic carbocycles. The SMILES string of the molecule is CC(Br)C(O)[C@@H](O)C(=O)[C@H](O)[C@H](O)CO. The molecule has 5 N–H and O–H groups in total. The van der Waals surface area contributed by atoms with Crippen LogP contribution >= 0.6 is 15.9 Å². The Morgan fingerprint density at radius 3 is 2.00 bits per heavy atom. The van der Waals surface area contributed by atoms with Crippen LogP contribution in [0.15, 0.2) is 0 Å². The number of halogens is 1. The minimum Gasteiger partial charge on any atom is -0.394 e. The van der Waals surface area contributed by atoms with Crippen molar-refractivity contribution < 1.29 is 30.3 Å². The monoisotopic (exact) mass is 286 g/mol. The van der Waals surface area contributed by atoms with E-state index in [1.165, 1.54) is 6.92 Å². The largest absolute Gasteiger partial charge is 0.394 e. The Kier molecular flexibility index (Phi) is 6.49. The molecule has 0 saturated carbocycles. The highest BCUT2D eigenvalue weighted by Crippen LogP contribution is 2.11. The molecule has 0 fully saturated rings. The van der Waals surface area contributed by atoms with Gasteiger partial charge in [-0.05, 0) is 0 Å². The maximum atomic E-state index is 11.2. The fourth-order valence-electron chi connectivity index (χ4n) is 0.884. The van der Waals surface area contributed by atoms with Crippen molar-refractivity contribution in [3.8, 4) is 0 Å². The van der Waals surface area contributed by atoms with Gasteiger partial charge in [0, 0.05) is 4.83 Å². The number of hydrogen-bond donors (Lipinski definition) is 5. The topological polar surface area (TPSA) is 118 Å². The predicted molar refractivity (Wildman–Crippen MR) is 54.5 cm³/mol. The Labute approximate surface area is 95.3 Å². The molecule has 0 bridgehead atoms. The van der Waals surface area contributed by atoms with Gasteiger partial charge >= 0.3 is 0 Å². The van der Waals surface area contributed by atoms with Gasteiger partial charge in [0.15, 0.2) is 5.78 Å². The van der Waals surface area contributed by atoms with Crippen molar-refractivity contribution in [2.75, 3.05) is 6.61 Å². The first-order valence-corrected chi connectivity index (χ1v) is 5.25. The number of hydrogen-bond acceptors (Lipinski definition) is 6. The lowest BCUT2D eigenvalue weighted by molar-refractivity contribution is -0.148. The maximum absolute atomic E-state index is 11.2. The third-order valence-electron chi connectivity index (χ3n) is 1.93. The third-order valence-corrected chi connectivity index (χ3v) is 2.47. The smallest absolute Gasteiger partial charge is 0.195 e. The first-order valence-electron chi connectivity index (χ1n) is 4.33. The van der Waals surface area contributed by atoms with Crippen molar-refractivity contribution in [2.45, 2.75) is 36.2 Å². The normalized spacial score (nSPS) is 21.5. The molecule has 7 heteroatoms. The highest BCUT2D eigenvalue weighted by atomic mass is 79.9. The van der Waals surface area contributed by atoms with Crippen molar-refractivity contribution in [2.24, 2.45) is 0 Å². The van der Waals surface area contributed by atoms with Gasteiger partial charge in [0.05, 0.1) is 12.7 Å². The molecule has 0 rings (SSSR count). The van der Waals surface area contributed by atoms with E-state index in [0.717, 1.165) is 0 Å². The molecule has 0 aromatic heterocycles. The molecule has 0 aromatic carbocycles. The van der Waals surface area contributed by atoms with Crippen LogP contribution in [0.2, 0.25) is 0 Å². The number of carbonyl (C=O) groups excluding carboxylic acids is 1. The zero-order valence-electron chi connectivity index (χ0n) is 8.12. The molecular formula is C8H15BrO6. The second-order valence-electron chi connectivity index (χ2n) is 3.21. The fourth-order valence-corrected chi connectivity index (χ4v) is 1.17. The van der Waals surface area contributed by atoms with E-state index in [9.17, 15) is 15.0 Å². The van der Waals surface area contributed by atoms with Crippen LogP contribution in [0.25, 0.3) is 0 Å². The Hall–Kier alpha value is -0.0500. The second kappa shape index (κ2) is 6.51. The molecule has 0 aromatic rings. The van der Waals surface area contributed by atoms with E-state index in [4.69, 9.17) is 15.3 Å². The zero-order valence-corrected chi connectivity index (χ0v) is 9.70. The van der Waals surface area contributed by atoms with Gasteiger partial charge in [-0.2, -0.15) is 0 Å². The summed E-state index contributed by atoms with van der Waals surface area (Å²) in [6.07, 6.45) is -6.77. The molecule has 0 heterocycles. The van der Waals surface area contributed by atoms with Crippen LogP contribution < -0.4 is 0 Å². The molecule has 0 saturated heterocycles. The fraction of sp³-hybridized carbons (Fsp3) is 0.875. The van der Waals surface area contributed by atoms with E-state index < -0.39 is 41.6 Å². The summed E-state index contributed by atoms with van der Waals surface area (Å²) >= 11 is 2.96. The average molecular weight is 287 g/mol. The van der Waals surface area contributed by atoms with Crippen LogP contribution in [-0.2, 0) is 4.79 Å². The molecule has 2 unspecified atom stereocenters. The molecule has 0 aliphatic rings. The summed E-state index contributed by atoms with van der Waals surface area (Å²) in [5.41, 5.74) is 0. The number of carbonyl (C=O) groups is 1. The highest BCUT2D eigenvalue weighted by molar-refractivity contribution is 9.09. The van der Waals surface area contributed by atoms with Gasteiger partial charge in [-0.25, -0.2) is 0 Å². The van der Waals surface area contributed by atoms with Crippen molar-refractivity contribution >= 4 is 21.7 Å². The van der Waals surface area contributed by atoms with Crippen LogP contribution in [0.1, 0.15) is 6.92 Å². The van der Waals surface area contributed by atoms with E-state index in [0.29, 0.717) is 0 Å². The molecule has 5 atom stereocenters. The van der Waals surface area contributed by atoms with Gasteiger partial charge < -0.3 is 25.5 Å². The van der Waals surface area contributed by atoms with Crippen LogP contribution in [0.5, 0.6) is 0 Å². The lowest BCUT2D eigenvalue weighted by atomic mass is 10.00. The summed E-state index contributed by atoms with van der Waals surface area (Å²) in [6.45, 7) is 0.704. The van der Waals surface area contributed by atoms with Gasteiger partial charge in [0.1, 0.15) is 18.3 Å². The van der Waals surface area contributed by atoms with E-state index in [1.54, 1.807) is 0 Å². The number of aliphatic hydroxyl groups is 5. The van der Waals surface area contributed by atoms with Gasteiger partial charge in [-0.1, -0.05) is 22.9 Å². The van der Waals surface area contributed by atoms with Crippen LogP contribution in [0.3, 0.4) is 0 Å². The molecular weight excluding hydrogens is 272 g/mol. The van der Waals surface area contributed by atoms with Gasteiger partial charge in [0.25, 0.3) is 0 Å². The van der Waals surface area contributed by atoms with E-state index in [1.807, 2.05) is 0 Å². The molecule has 0 spiro atoms. The number of Topliss-reactive ketones (excluding diaryl/α,β-unsaturated/α-hetero) is 1. The lowest BCUT2D eigenvalue weighted by Gasteiger charge is -2.22. The van der Waals surface area contributed by atoms with Crippen molar-refractivity contribution in [1.82, 2.24) is 0 Å². The van der Waals surface area contributed by atoms with Crippen LogP contribution in [-0.4, -0.2) is 67.2 Å². The van der Waals surface area contributed by atoms with Crippen LogP contribution in [0.4, 0.5) is 0 Å². The molecule has 0 radical (unpaired) electrons. The Bertz CT molecular complexity index is 209. The third kappa shape index (κ3) is 4.13. The number of aliphatic hydroxyl groups excluding tert-OH is 5. The highest BCUT2D eigenvalue weighted by Gasteiger charge is 2.34. The van der Waals surface area contributed by atoms with E-state index >= 15 is 0 Å². The minimum atomic E-state index is -1.91. The first kappa shape index (κ1) is 14.9. The zero-order chi connectivity index (χ0) is 12.2. The summed E-state index contributed by atoms with van der Waals surface area (Å²) in [4.78, 5) is 10.7. The number of alkyl halides is 1. The van der Waals surface area contributed by atoms with Crippen molar-refractivity contribution in [1.29, 1.82) is 0 Å². The van der Waals surface area contributed by atoms with Gasteiger partial charge in [0.2, 0.25) is 0 Å². The Morgan fingerprint density at radius 1 is 1.20 bits per heavy atom. The van der Waals surface area contributed by atoms with E-state index in [2.05, 4.69) is 15.9 Å². The average Bonchev–Trinajstić information content (AvgIpc) is 2.23. The van der Waals surface area contributed by atoms with Crippen molar-refractivity contribution in [3.05, 3.63) is 0 Å². The second-order valence-corrected chi connectivity index (χ2v) is 4.65. The Balaban J connectivity index is 4.43. The van der Waals surface area contributed by atoms with Gasteiger partial charge in [-0.15, -0.1) is 0 Å².